The van der Waals surface area contributed by atoms with Crippen LogP contribution in [0.25, 0.3) is 10.9 Å². The number of carbonyl (C=O) groups is 1. The van der Waals surface area contributed by atoms with Gasteiger partial charge >= 0.3 is 0 Å². The minimum Gasteiger partial charge on any atom is -0.342 e. The maximum absolute atomic E-state index is 13.1. The SMILES string of the molecule is CCc1ccc2nc(C)cc(C(=O)NC(CC)c3ncnn3CC)c2c1. The zero-order valence-corrected chi connectivity index (χ0v) is 15.8. The van der Waals surface area contributed by atoms with Crippen molar-refractivity contribution in [3.8, 4) is 0 Å². The average Bonchev–Trinajstić information content (AvgIpc) is 3.13. The molecule has 0 saturated carbocycles. The zero-order chi connectivity index (χ0) is 18.7. The van der Waals surface area contributed by atoms with Gasteiger partial charge in [0.1, 0.15) is 12.2 Å². The first-order valence-electron chi connectivity index (χ1n) is 9.16. The van der Waals surface area contributed by atoms with E-state index in [0.29, 0.717) is 5.56 Å². The number of hydrogen-bond donors (Lipinski definition) is 1. The molecule has 2 heterocycles. The van der Waals surface area contributed by atoms with Gasteiger partial charge in [-0.3, -0.25) is 9.78 Å². The molecule has 6 nitrogen and oxygen atoms in total. The Morgan fingerprint density at radius 2 is 2.04 bits per heavy atom. The fourth-order valence-corrected chi connectivity index (χ4v) is 3.18. The van der Waals surface area contributed by atoms with Crippen molar-refractivity contribution in [1.82, 2.24) is 25.1 Å². The summed E-state index contributed by atoms with van der Waals surface area (Å²) in [5.74, 6) is 0.680. The molecule has 136 valence electrons. The molecule has 0 saturated heterocycles. The van der Waals surface area contributed by atoms with E-state index in [-0.39, 0.29) is 11.9 Å². The molecule has 0 aliphatic rings. The lowest BCUT2D eigenvalue weighted by Gasteiger charge is -2.18. The molecule has 0 radical (unpaired) electrons. The topological polar surface area (TPSA) is 72.7 Å². The number of nitrogens with zero attached hydrogens (tertiary/aromatic N) is 4. The van der Waals surface area contributed by atoms with Gasteiger partial charge in [-0.2, -0.15) is 5.10 Å². The third-order valence-electron chi connectivity index (χ3n) is 4.62. The Labute approximate surface area is 153 Å². The number of fused-ring (bicyclic) bond motifs is 1. The van der Waals surface area contributed by atoms with Gasteiger partial charge in [-0.25, -0.2) is 9.67 Å². The third kappa shape index (κ3) is 3.45. The molecule has 1 aromatic carbocycles. The van der Waals surface area contributed by atoms with E-state index in [2.05, 4.69) is 39.4 Å². The number of nitrogens with one attached hydrogen (secondary N) is 1. The minimum atomic E-state index is -0.178. The highest BCUT2D eigenvalue weighted by molar-refractivity contribution is 6.06. The van der Waals surface area contributed by atoms with E-state index in [0.717, 1.165) is 41.8 Å². The number of carbonyl (C=O) groups excluding carboxylic acids is 1. The summed E-state index contributed by atoms with van der Waals surface area (Å²) in [5.41, 5.74) is 3.52. The Hall–Kier alpha value is -2.76. The van der Waals surface area contributed by atoms with Gasteiger partial charge in [0.25, 0.3) is 5.91 Å². The molecule has 2 aromatic heterocycles. The van der Waals surface area contributed by atoms with Gasteiger partial charge < -0.3 is 5.32 Å². The standard InChI is InChI=1S/C20H25N5O/c1-5-14-8-9-18-15(11-14)16(10-13(4)23-18)20(26)24-17(6-2)19-21-12-22-25(19)7-3/h8-12,17H,5-7H2,1-4H3,(H,24,26). The van der Waals surface area contributed by atoms with Crippen LogP contribution in [0.2, 0.25) is 0 Å². The largest absolute Gasteiger partial charge is 0.342 e. The molecule has 1 N–H and O–H groups in total. The molecule has 1 atom stereocenters. The summed E-state index contributed by atoms with van der Waals surface area (Å²) in [7, 11) is 0. The molecule has 0 spiro atoms. The lowest BCUT2D eigenvalue weighted by molar-refractivity contribution is 0.0934. The van der Waals surface area contributed by atoms with Crippen LogP contribution in [0, 0.1) is 6.92 Å². The van der Waals surface area contributed by atoms with Crippen LogP contribution < -0.4 is 5.32 Å². The van der Waals surface area contributed by atoms with Gasteiger partial charge in [-0.15, -0.1) is 0 Å². The van der Waals surface area contributed by atoms with E-state index in [1.807, 2.05) is 37.6 Å². The van der Waals surface area contributed by atoms with Crippen molar-refractivity contribution < 1.29 is 4.79 Å². The maximum Gasteiger partial charge on any atom is 0.252 e. The fraction of sp³-hybridized carbons (Fsp3) is 0.400. The van der Waals surface area contributed by atoms with Gasteiger partial charge in [0.2, 0.25) is 0 Å². The summed E-state index contributed by atoms with van der Waals surface area (Å²) in [5, 5.41) is 8.23. The first kappa shape index (κ1) is 18.0. The molecule has 0 fully saturated rings. The zero-order valence-electron chi connectivity index (χ0n) is 15.8. The second-order valence-corrected chi connectivity index (χ2v) is 6.38. The van der Waals surface area contributed by atoms with E-state index >= 15 is 0 Å². The smallest absolute Gasteiger partial charge is 0.252 e. The summed E-state index contributed by atoms with van der Waals surface area (Å²) in [4.78, 5) is 22.0. The van der Waals surface area contributed by atoms with E-state index in [1.54, 1.807) is 0 Å². The molecule has 0 bridgehead atoms. The Morgan fingerprint density at radius 1 is 1.23 bits per heavy atom. The Kier molecular flexibility index (Phi) is 5.30. The van der Waals surface area contributed by atoms with Gasteiger partial charge in [0.05, 0.1) is 17.1 Å². The molecule has 3 rings (SSSR count). The predicted molar refractivity (Wildman–Crippen MR) is 102 cm³/mol. The number of rotatable bonds is 6. The number of aryl methyl sites for hydroxylation is 3. The van der Waals surface area contributed by atoms with Crippen LogP contribution in [0.5, 0.6) is 0 Å². The number of aromatic nitrogens is 4. The van der Waals surface area contributed by atoms with Crippen molar-refractivity contribution in [3.63, 3.8) is 0 Å². The first-order valence-corrected chi connectivity index (χ1v) is 9.16. The molecular weight excluding hydrogens is 326 g/mol. The van der Waals surface area contributed by atoms with Crippen LogP contribution >= 0.6 is 0 Å². The van der Waals surface area contributed by atoms with Gasteiger partial charge in [-0.05, 0) is 50.5 Å². The Morgan fingerprint density at radius 3 is 2.73 bits per heavy atom. The number of pyridine rings is 1. The van der Waals surface area contributed by atoms with Crippen LogP contribution in [0.3, 0.4) is 0 Å². The van der Waals surface area contributed by atoms with E-state index in [9.17, 15) is 4.79 Å². The van der Waals surface area contributed by atoms with Crippen molar-refractivity contribution in [1.29, 1.82) is 0 Å². The second kappa shape index (κ2) is 7.64. The first-order chi connectivity index (χ1) is 12.6. The summed E-state index contributed by atoms with van der Waals surface area (Å²) in [6.07, 6.45) is 3.20. The molecule has 1 unspecified atom stereocenters. The third-order valence-corrected chi connectivity index (χ3v) is 4.62. The molecule has 1 amide bonds. The number of benzene rings is 1. The lowest BCUT2D eigenvalue weighted by Crippen LogP contribution is -2.30. The summed E-state index contributed by atoms with van der Waals surface area (Å²) in [6, 6.07) is 7.79. The highest BCUT2D eigenvalue weighted by Crippen LogP contribution is 2.22. The van der Waals surface area contributed by atoms with Crippen molar-refractivity contribution >= 4 is 16.8 Å². The molecule has 0 aliphatic heterocycles. The highest BCUT2D eigenvalue weighted by atomic mass is 16.1. The molecular formula is C20H25N5O. The van der Waals surface area contributed by atoms with Crippen molar-refractivity contribution in [3.05, 3.63) is 53.2 Å². The van der Waals surface area contributed by atoms with Crippen LogP contribution in [0.15, 0.2) is 30.6 Å². The lowest BCUT2D eigenvalue weighted by atomic mass is 10.0. The molecule has 26 heavy (non-hydrogen) atoms. The van der Waals surface area contributed by atoms with Gasteiger partial charge in [0.15, 0.2) is 0 Å². The van der Waals surface area contributed by atoms with Crippen molar-refractivity contribution in [2.75, 3.05) is 0 Å². The van der Waals surface area contributed by atoms with Gasteiger partial charge in [-0.1, -0.05) is 19.9 Å². The minimum absolute atomic E-state index is 0.105. The second-order valence-electron chi connectivity index (χ2n) is 6.38. The quantitative estimate of drug-likeness (QED) is 0.736. The van der Waals surface area contributed by atoms with E-state index in [1.165, 1.54) is 11.9 Å². The Balaban J connectivity index is 1.98. The van der Waals surface area contributed by atoms with E-state index in [4.69, 9.17) is 0 Å². The summed E-state index contributed by atoms with van der Waals surface area (Å²) < 4.78 is 1.82. The monoisotopic (exact) mass is 351 g/mol. The molecule has 3 aromatic rings. The predicted octanol–water partition coefficient (Wildman–Crippen LogP) is 3.60. The van der Waals surface area contributed by atoms with Crippen molar-refractivity contribution in [2.24, 2.45) is 0 Å². The molecule has 0 aliphatic carbocycles. The highest BCUT2D eigenvalue weighted by Gasteiger charge is 2.20. The number of amides is 1. The van der Waals surface area contributed by atoms with E-state index < -0.39 is 0 Å². The average molecular weight is 351 g/mol. The normalized spacial score (nSPS) is 12.3. The molecule has 6 heteroatoms. The summed E-state index contributed by atoms with van der Waals surface area (Å²) in [6.45, 7) is 8.78. The van der Waals surface area contributed by atoms with Crippen molar-refractivity contribution in [2.45, 2.75) is 53.1 Å². The summed E-state index contributed by atoms with van der Waals surface area (Å²) >= 11 is 0. The van der Waals surface area contributed by atoms with Gasteiger partial charge in [0, 0.05) is 17.6 Å². The Bertz CT molecular complexity index is 931. The fourth-order valence-electron chi connectivity index (χ4n) is 3.18. The van der Waals surface area contributed by atoms with Crippen LogP contribution in [0.4, 0.5) is 0 Å². The van der Waals surface area contributed by atoms with Crippen LogP contribution in [-0.2, 0) is 13.0 Å². The van der Waals surface area contributed by atoms with Crippen LogP contribution in [-0.4, -0.2) is 25.7 Å². The maximum atomic E-state index is 13.1. The number of hydrogen-bond acceptors (Lipinski definition) is 4. The van der Waals surface area contributed by atoms with Crippen LogP contribution in [0.1, 0.15) is 60.7 Å².